The third-order valence-electron chi connectivity index (χ3n) is 4.89. The Morgan fingerprint density at radius 3 is 2.61 bits per heavy atom. The van der Waals surface area contributed by atoms with Gasteiger partial charge in [0.15, 0.2) is 0 Å². The van der Waals surface area contributed by atoms with Gasteiger partial charge < -0.3 is 9.84 Å². The summed E-state index contributed by atoms with van der Waals surface area (Å²) in [7, 11) is 0. The molecule has 2 amide bonds. The maximum atomic E-state index is 12.5. The van der Waals surface area contributed by atoms with Crippen LogP contribution in [-0.2, 0) is 4.74 Å². The number of nitrogens with one attached hydrogen (secondary N) is 2. The molecule has 11 heteroatoms. The van der Waals surface area contributed by atoms with E-state index in [9.17, 15) is 14.7 Å². The fourth-order valence-electron chi connectivity index (χ4n) is 3.15. The van der Waals surface area contributed by atoms with Gasteiger partial charge in [0.1, 0.15) is 5.75 Å². The van der Waals surface area contributed by atoms with Crippen molar-refractivity contribution >= 4 is 51.8 Å². The van der Waals surface area contributed by atoms with Gasteiger partial charge in [-0.2, -0.15) is 5.10 Å². The van der Waals surface area contributed by atoms with Gasteiger partial charge in [-0.25, -0.2) is 10.4 Å². The van der Waals surface area contributed by atoms with Gasteiger partial charge in [-0.05, 0) is 36.8 Å². The average Bonchev–Trinajstić information content (AvgIpc) is 3.45. The van der Waals surface area contributed by atoms with E-state index in [1.807, 2.05) is 12.1 Å². The number of halogens is 1. The number of benzene rings is 1. The normalized spacial score (nSPS) is 14.8. The highest BCUT2D eigenvalue weighted by molar-refractivity contribution is 7.16. The Bertz CT molecular complexity index is 1200. The lowest BCUT2D eigenvalue weighted by Crippen LogP contribution is -2.48. The lowest BCUT2D eigenvalue weighted by molar-refractivity contribution is 0.0127. The van der Waals surface area contributed by atoms with E-state index in [1.165, 1.54) is 11.3 Å². The Morgan fingerprint density at radius 1 is 1.15 bits per heavy atom. The van der Waals surface area contributed by atoms with Gasteiger partial charge in [-0.15, -0.1) is 22.7 Å². The summed E-state index contributed by atoms with van der Waals surface area (Å²) in [6, 6.07) is 10.4. The summed E-state index contributed by atoms with van der Waals surface area (Å²) in [4.78, 5) is 26.4. The van der Waals surface area contributed by atoms with Crippen LogP contribution in [0, 0.1) is 0 Å². The number of ether oxygens (including phenoxy) is 1. The van der Waals surface area contributed by atoms with Crippen molar-refractivity contribution in [3.63, 3.8) is 0 Å². The zero-order valence-corrected chi connectivity index (χ0v) is 20.0. The second-order valence-electron chi connectivity index (χ2n) is 7.18. The summed E-state index contributed by atoms with van der Waals surface area (Å²) in [6.07, 6.45) is 0. The van der Waals surface area contributed by atoms with Gasteiger partial charge in [-0.1, -0.05) is 23.7 Å². The van der Waals surface area contributed by atoms with Crippen molar-refractivity contribution in [1.29, 1.82) is 0 Å². The molecule has 0 saturated carbocycles. The van der Waals surface area contributed by atoms with Gasteiger partial charge in [0, 0.05) is 23.5 Å². The van der Waals surface area contributed by atoms with Crippen molar-refractivity contribution in [3.8, 4) is 16.2 Å². The molecular weight excluding hydrogens is 484 g/mol. The topological polar surface area (TPSA) is 103 Å². The Balaban J connectivity index is 1.40. The van der Waals surface area contributed by atoms with E-state index in [1.54, 1.807) is 41.6 Å². The first-order valence-corrected chi connectivity index (χ1v) is 12.1. The number of thiophene rings is 2. The summed E-state index contributed by atoms with van der Waals surface area (Å²) in [5.74, 6) is -0.622. The quantitative estimate of drug-likeness (QED) is 0.348. The van der Waals surface area contributed by atoms with Crippen LogP contribution >= 0.6 is 34.3 Å². The number of carbonyl (C=O) groups excluding carboxylic acids is 2. The fraction of sp³-hybridized carbons (Fsp3) is 0.227. The summed E-state index contributed by atoms with van der Waals surface area (Å²) in [6.45, 7) is 4.06. The van der Waals surface area contributed by atoms with Crippen molar-refractivity contribution < 1.29 is 19.4 Å². The van der Waals surface area contributed by atoms with Crippen molar-refractivity contribution in [2.24, 2.45) is 5.10 Å². The Labute approximate surface area is 203 Å². The smallest absolute Gasteiger partial charge is 0.281 e. The van der Waals surface area contributed by atoms with E-state index < -0.39 is 5.91 Å². The molecule has 0 atom stereocenters. The zero-order valence-electron chi connectivity index (χ0n) is 17.6. The van der Waals surface area contributed by atoms with Crippen LogP contribution in [0.5, 0.6) is 5.75 Å². The Morgan fingerprint density at radius 2 is 1.88 bits per heavy atom. The van der Waals surface area contributed by atoms with E-state index in [2.05, 4.69) is 16.0 Å². The number of carbonyl (C=O) groups is 2. The number of hydrogen-bond donors (Lipinski definition) is 3. The molecule has 0 bridgehead atoms. The highest BCUT2D eigenvalue weighted by Gasteiger charge is 2.18. The molecule has 1 aliphatic heterocycles. The van der Waals surface area contributed by atoms with E-state index in [0.717, 1.165) is 16.9 Å². The molecule has 8 nitrogen and oxygen atoms in total. The van der Waals surface area contributed by atoms with E-state index >= 15 is 0 Å². The van der Waals surface area contributed by atoms with Crippen molar-refractivity contribution in [2.45, 2.75) is 6.92 Å². The van der Waals surface area contributed by atoms with Crippen LogP contribution in [0.2, 0.25) is 5.02 Å². The number of amides is 2. The molecule has 1 fully saturated rings. The molecule has 0 aliphatic carbocycles. The van der Waals surface area contributed by atoms with Gasteiger partial charge in [-0.3, -0.25) is 15.0 Å². The van der Waals surface area contributed by atoms with Gasteiger partial charge in [0.05, 0.1) is 39.1 Å². The summed E-state index contributed by atoms with van der Waals surface area (Å²) in [5.41, 5.74) is 7.08. The molecular formula is C22H21ClN4O4S2. The molecule has 4 rings (SSSR count). The number of nitrogens with zero attached hydrogens (tertiary/aromatic N) is 2. The molecule has 0 radical (unpaired) electrons. The lowest BCUT2D eigenvalue weighted by atomic mass is 10.1. The molecule has 1 saturated heterocycles. The van der Waals surface area contributed by atoms with Crippen LogP contribution < -0.4 is 10.9 Å². The van der Waals surface area contributed by atoms with Crippen LogP contribution in [-0.4, -0.2) is 53.9 Å². The average molecular weight is 505 g/mol. The maximum Gasteiger partial charge on any atom is 0.281 e. The predicted molar refractivity (Wildman–Crippen MR) is 130 cm³/mol. The van der Waals surface area contributed by atoms with Crippen LogP contribution in [0.4, 0.5) is 0 Å². The van der Waals surface area contributed by atoms with Crippen molar-refractivity contribution in [2.75, 3.05) is 26.3 Å². The highest BCUT2D eigenvalue weighted by Crippen LogP contribution is 2.39. The molecule has 3 N–H and O–H groups in total. The second-order valence-corrected chi connectivity index (χ2v) is 9.58. The largest absolute Gasteiger partial charge is 0.506 e. The fourth-order valence-corrected chi connectivity index (χ4v) is 5.13. The standard InChI is InChI=1S/C22H21ClN4O4S2/c1-13(16-12-32-20(19(16)28)14-3-2-4-15(23)11-14)24-25-21(29)17-5-6-18(33-17)22(30)26-27-7-9-31-10-8-27/h2-6,11-12,28H,7-10H2,1H3,(H,25,29)(H,26,30)/b24-13+. The number of hydrazine groups is 1. The van der Waals surface area contributed by atoms with Crippen LogP contribution in [0.25, 0.3) is 10.4 Å². The molecule has 3 aromatic rings. The third kappa shape index (κ3) is 5.60. The monoisotopic (exact) mass is 504 g/mol. The third-order valence-corrected chi connectivity index (χ3v) is 7.23. The first-order valence-electron chi connectivity index (χ1n) is 10.1. The first kappa shape index (κ1) is 23.4. The molecule has 172 valence electrons. The molecule has 3 heterocycles. The zero-order chi connectivity index (χ0) is 23.4. The molecule has 1 aromatic carbocycles. The minimum atomic E-state index is -0.436. The van der Waals surface area contributed by atoms with E-state index in [0.29, 0.717) is 57.2 Å². The summed E-state index contributed by atoms with van der Waals surface area (Å²) < 4.78 is 5.26. The van der Waals surface area contributed by atoms with Crippen LogP contribution in [0.3, 0.4) is 0 Å². The van der Waals surface area contributed by atoms with E-state index in [-0.39, 0.29) is 11.7 Å². The predicted octanol–water partition coefficient (Wildman–Crippen LogP) is 3.97. The van der Waals surface area contributed by atoms with Crippen LogP contribution in [0.15, 0.2) is 46.9 Å². The van der Waals surface area contributed by atoms with E-state index in [4.69, 9.17) is 16.3 Å². The minimum absolute atomic E-state index is 0.0796. The second kappa shape index (κ2) is 10.4. The lowest BCUT2D eigenvalue weighted by Gasteiger charge is -2.26. The van der Waals surface area contributed by atoms with Crippen molar-refractivity contribution in [3.05, 3.63) is 62.1 Å². The molecule has 0 unspecified atom stereocenters. The van der Waals surface area contributed by atoms with Crippen LogP contribution in [0.1, 0.15) is 31.8 Å². The summed E-state index contributed by atoms with van der Waals surface area (Å²) >= 11 is 8.49. The number of rotatable bonds is 6. The molecule has 2 aromatic heterocycles. The molecule has 1 aliphatic rings. The first-order chi connectivity index (χ1) is 15.9. The van der Waals surface area contributed by atoms with Gasteiger partial charge >= 0.3 is 0 Å². The molecule has 0 spiro atoms. The summed E-state index contributed by atoms with van der Waals surface area (Å²) in [5, 5.41) is 18.9. The Hall–Kier alpha value is -2.76. The SMILES string of the molecule is C/C(=N\NC(=O)c1ccc(C(=O)NN2CCOCC2)s1)c1csc(-c2cccc(Cl)c2)c1O. The van der Waals surface area contributed by atoms with Gasteiger partial charge in [0.2, 0.25) is 0 Å². The maximum absolute atomic E-state index is 12.5. The van der Waals surface area contributed by atoms with Crippen molar-refractivity contribution in [1.82, 2.24) is 15.9 Å². The van der Waals surface area contributed by atoms with Gasteiger partial charge in [0.25, 0.3) is 11.8 Å². The number of morpholine rings is 1. The number of hydrogen-bond acceptors (Lipinski definition) is 8. The highest BCUT2D eigenvalue weighted by atomic mass is 35.5. The molecule has 33 heavy (non-hydrogen) atoms. The number of aromatic hydroxyl groups is 1. The minimum Gasteiger partial charge on any atom is -0.506 e. The Kier molecular flexibility index (Phi) is 7.41. The number of hydrazone groups is 1.